The summed E-state index contributed by atoms with van der Waals surface area (Å²) in [4.78, 5) is 6.44. The van der Waals surface area contributed by atoms with E-state index in [9.17, 15) is 8.22 Å². The molecule has 91 heavy (non-hydrogen) atoms. The first-order valence-electron chi connectivity index (χ1n) is 37.4. The lowest BCUT2D eigenvalue weighted by molar-refractivity contribution is 0.590. The van der Waals surface area contributed by atoms with Crippen molar-refractivity contribution in [1.82, 2.24) is 4.57 Å². The average Bonchev–Trinajstić information content (AvgIpc) is 1.22. The number of para-hydroxylation sites is 3. The molecule has 16 rings (SSSR count). The molecule has 2 aliphatic heterocycles. The van der Waals surface area contributed by atoms with Gasteiger partial charge in [-0.2, -0.15) is 0 Å². The van der Waals surface area contributed by atoms with Gasteiger partial charge in [0.25, 0.3) is 6.71 Å². The van der Waals surface area contributed by atoms with E-state index in [0.717, 1.165) is 101 Å². The standard InChI is InChI=1S/C86H69BN4/c1-85(2,3)66-33-23-31-61(50-66)63-41-47-76-80(54-63)91(73-52-64(59-27-13-8-14-28-59)49-65(53-73)60-29-15-9-16-30-60)83-56-67(86(4,5)6)55-82-84(83)87(76)77-48-46-72(57-81(77)90(82)71-36-24-32-62(51-71)58-25-11-7-12-26-58)88(68-34-17-10-18-35-68)69-42-44-70(45-43-69)89-78-39-21-19-37-74(78)75-38-20-22-40-79(75)89/h7-57H,1-6H3/i10D,17D,18D,19D,20D,21D,22D,34D,35D,37D,38D,39D,40D. The van der Waals surface area contributed by atoms with Crippen molar-refractivity contribution >= 4 is 96.1 Å². The topological polar surface area (TPSA) is 14.7 Å². The smallest absolute Gasteiger partial charge is 0.252 e. The van der Waals surface area contributed by atoms with Gasteiger partial charge in [-0.1, -0.05) is 242 Å². The number of hydrogen-bond donors (Lipinski definition) is 0. The highest BCUT2D eigenvalue weighted by Crippen LogP contribution is 2.50. The van der Waals surface area contributed by atoms with Gasteiger partial charge in [-0.3, -0.25) is 0 Å². The molecule has 0 unspecified atom stereocenters. The molecular formula is C86H69BN4. The molecule has 0 bridgehead atoms. The van der Waals surface area contributed by atoms with Gasteiger partial charge in [0.05, 0.1) is 28.9 Å². The Hall–Kier alpha value is -10.9. The van der Waals surface area contributed by atoms with E-state index in [1.54, 1.807) is 29.2 Å². The van der Waals surface area contributed by atoms with Crippen molar-refractivity contribution in [1.29, 1.82) is 0 Å². The van der Waals surface area contributed by atoms with Crippen LogP contribution in [0, 0.1) is 0 Å². The summed E-state index contributed by atoms with van der Waals surface area (Å²) in [5.74, 6) is 0. The highest BCUT2D eigenvalue weighted by atomic mass is 15.2. The van der Waals surface area contributed by atoms with Crippen molar-refractivity contribution in [2.75, 3.05) is 14.7 Å². The molecule has 14 aromatic rings. The van der Waals surface area contributed by atoms with Crippen molar-refractivity contribution < 1.29 is 17.8 Å². The fraction of sp³-hybridized carbons (Fsp3) is 0.0930. The molecule has 0 spiro atoms. The molecule has 1 aromatic heterocycles. The lowest BCUT2D eigenvalue weighted by atomic mass is 9.33. The van der Waals surface area contributed by atoms with Gasteiger partial charge < -0.3 is 19.3 Å². The fourth-order valence-electron chi connectivity index (χ4n) is 13.4. The van der Waals surface area contributed by atoms with Gasteiger partial charge in [-0.15, -0.1) is 0 Å². The SMILES string of the molecule is [2H]c1c([2H])c([2H])c(N(c2ccc(-n3c4c([2H])c([2H])c([2H])c([2H])c4c4c([2H])c([2H])c([2H])c([2H])c43)cc2)c2ccc3c(c2)N(c2cccc(-c4ccccc4)c2)c2cc(C(C)(C)C)cc4c2B3c2ccc(-c3cccc(C(C)(C)C)c3)cc2N4c2cc(-c3ccccc3)cc(-c3ccccc3)c2)c([2H])c1[2H]. The van der Waals surface area contributed by atoms with E-state index >= 15 is 0 Å². The van der Waals surface area contributed by atoms with E-state index in [1.165, 1.54) is 10.1 Å². The number of rotatable bonds is 10. The number of benzene rings is 13. The number of aromatic nitrogens is 1. The maximum absolute atomic E-state index is 9.74. The molecule has 5 heteroatoms. The molecular weight excluding hydrogens is 1100 g/mol. The molecule has 0 N–H and O–H groups in total. The molecule has 0 radical (unpaired) electrons. The molecule has 0 saturated carbocycles. The Kier molecular flexibility index (Phi) is 10.4. The van der Waals surface area contributed by atoms with Crippen LogP contribution in [0.3, 0.4) is 0 Å². The third kappa shape index (κ3) is 9.80. The van der Waals surface area contributed by atoms with Gasteiger partial charge in [0.1, 0.15) is 0 Å². The molecule has 4 nitrogen and oxygen atoms in total. The van der Waals surface area contributed by atoms with Crippen molar-refractivity contribution in [3.8, 4) is 50.2 Å². The van der Waals surface area contributed by atoms with Gasteiger partial charge in [-0.25, -0.2) is 0 Å². The summed E-state index contributed by atoms with van der Waals surface area (Å²) in [7, 11) is 0. The van der Waals surface area contributed by atoms with Gasteiger partial charge in [0, 0.05) is 67.6 Å². The predicted molar refractivity (Wildman–Crippen MR) is 389 cm³/mol. The van der Waals surface area contributed by atoms with Gasteiger partial charge in [0.2, 0.25) is 0 Å². The molecule has 0 amide bonds. The summed E-state index contributed by atoms with van der Waals surface area (Å²) < 4.78 is 120. The van der Waals surface area contributed by atoms with Crippen LogP contribution in [0.2, 0.25) is 0 Å². The van der Waals surface area contributed by atoms with E-state index in [4.69, 9.17) is 9.60 Å². The van der Waals surface area contributed by atoms with Crippen molar-refractivity contribution in [3.05, 3.63) is 320 Å². The first-order valence-corrected chi connectivity index (χ1v) is 30.9. The summed E-state index contributed by atoms with van der Waals surface area (Å²) in [6, 6.07) is 73.1. The second-order valence-corrected chi connectivity index (χ2v) is 25.7. The highest BCUT2D eigenvalue weighted by molar-refractivity contribution is 7.00. The number of anilines is 9. The summed E-state index contributed by atoms with van der Waals surface area (Å²) >= 11 is 0. The van der Waals surface area contributed by atoms with Gasteiger partial charge in [-0.05, 0) is 192 Å². The van der Waals surface area contributed by atoms with E-state index in [-0.39, 0.29) is 38.6 Å². The van der Waals surface area contributed by atoms with Crippen molar-refractivity contribution in [2.45, 2.75) is 52.4 Å². The largest absolute Gasteiger partial charge is 0.311 e. The van der Waals surface area contributed by atoms with Crippen LogP contribution in [0.15, 0.2) is 309 Å². The minimum atomic E-state index is -0.574. The molecule has 3 heterocycles. The number of fused-ring (bicyclic) bond motifs is 7. The summed E-state index contributed by atoms with van der Waals surface area (Å²) in [6.07, 6.45) is 0. The zero-order chi connectivity index (χ0) is 72.9. The van der Waals surface area contributed by atoms with E-state index in [1.807, 2.05) is 42.5 Å². The second-order valence-electron chi connectivity index (χ2n) is 25.7. The predicted octanol–water partition coefficient (Wildman–Crippen LogP) is 21.6. The molecule has 0 atom stereocenters. The summed E-state index contributed by atoms with van der Waals surface area (Å²) in [6.45, 7) is 13.0. The number of nitrogens with zero attached hydrogens (tertiary/aromatic N) is 4. The Morgan fingerprint density at radius 1 is 0.319 bits per heavy atom. The third-order valence-electron chi connectivity index (χ3n) is 18.0. The zero-order valence-electron chi connectivity index (χ0n) is 64.3. The van der Waals surface area contributed by atoms with E-state index in [0.29, 0.717) is 11.4 Å². The maximum Gasteiger partial charge on any atom is 0.252 e. The lowest BCUT2D eigenvalue weighted by Gasteiger charge is -2.45. The quantitative estimate of drug-likeness (QED) is 0.127. The Balaban J connectivity index is 0.987. The summed E-state index contributed by atoms with van der Waals surface area (Å²) in [5, 5.41) is -0.152. The van der Waals surface area contributed by atoms with Crippen molar-refractivity contribution in [2.24, 2.45) is 0 Å². The van der Waals surface area contributed by atoms with Crippen LogP contribution >= 0.6 is 0 Å². The molecule has 0 fully saturated rings. The van der Waals surface area contributed by atoms with Gasteiger partial charge in [0.15, 0.2) is 0 Å². The first kappa shape index (κ1) is 42.9. The van der Waals surface area contributed by atoms with E-state index in [2.05, 4.69) is 215 Å². The Morgan fingerprint density at radius 3 is 1.38 bits per heavy atom. The zero-order valence-corrected chi connectivity index (χ0v) is 51.3. The monoisotopic (exact) mass is 1180 g/mol. The maximum atomic E-state index is 9.74. The van der Waals surface area contributed by atoms with Crippen LogP contribution in [0.25, 0.3) is 72.0 Å². The molecule has 13 aromatic carbocycles. The molecule has 2 aliphatic rings. The fourth-order valence-corrected chi connectivity index (χ4v) is 13.4. The van der Waals surface area contributed by atoms with Crippen molar-refractivity contribution in [3.63, 3.8) is 0 Å². The van der Waals surface area contributed by atoms with Crippen LogP contribution in [0.1, 0.15) is 70.5 Å². The lowest BCUT2D eigenvalue weighted by Crippen LogP contribution is -2.61. The van der Waals surface area contributed by atoms with E-state index < -0.39 is 90.7 Å². The van der Waals surface area contributed by atoms with Crippen LogP contribution in [0.5, 0.6) is 0 Å². The highest BCUT2D eigenvalue weighted by Gasteiger charge is 2.45. The van der Waals surface area contributed by atoms with Crippen LogP contribution in [0.4, 0.5) is 51.2 Å². The normalized spacial score (nSPS) is 14.7. The Morgan fingerprint density at radius 2 is 0.791 bits per heavy atom. The molecule has 0 aliphatic carbocycles. The van der Waals surface area contributed by atoms with Crippen LogP contribution in [-0.4, -0.2) is 11.3 Å². The summed E-state index contributed by atoms with van der Waals surface area (Å²) in [5.41, 5.74) is 19.3. The Labute approximate surface area is 553 Å². The van der Waals surface area contributed by atoms with Crippen LogP contribution < -0.4 is 31.1 Å². The van der Waals surface area contributed by atoms with Gasteiger partial charge >= 0.3 is 0 Å². The Bertz CT molecular complexity index is 5730. The molecule has 436 valence electrons. The minimum absolute atomic E-state index is 0.0617. The first-order chi connectivity index (χ1) is 49.8. The molecule has 0 saturated heterocycles. The second kappa shape index (κ2) is 22.0. The minimum Gasteiger partial charge on any atom is -0.311 e. The average molecular weight is 1180 g/mol. The third-order valence-corrected chi connectivity index (χ3v) is 18.0. The van der Waals surface area contributed by atoms with Crippen LogP contribution in [-0.2, 0) is 10.8 Å². The number of hydrogen-bond acceptors (Lipinski definition) is 3.